The zero-order chi connectivity index (χ0) is 12.3. The lowest BCUT2D eigenvalue weighted by Crippen LogP contribution is -2.43. The minimum atomic E-state index is -1.10. The number of aromatic carboxylic acids is 1. The van der Waals surface area contributed by atoms with Crippen LogP contribution in [0.1, 0.15) is 15.9 Å². The van der Waals surface area contributed by atoms with Crippen LogP contribution in [-0.4, -0.2) is 42.2 Å². The molecule has 0 unspecified atom stereocenters. The Morgan fingerprint density at radius 2 is 2.12 bits per heavy atom. The Labute approximate surface area is 99.0 Å². The Morgan fingerprint density at radius 3 is 2.71 bits per heavy atom. The van der Waals surface area contributed by atoms with E-state index in [4.69, 9.17) is 5.11 Å². The van der Waals surface area contributed by atoms with Gasteiger partial charge in [-0.05, 0) is 12.1 Å². The van der Waals surface area contributed by atoms with Gasteiger partial charge in [-0.1, -0.05) is 6.07 Å². The van der Waals surface area contributed by atoms with Crippen molar-refractivity contribution in [1.82, 2.24) is 10.2 Å². The topological polar surface area (TPSA) is 52.6 Å². The Kier molecular flexibility index (Phi) is 3.71. The van der Waals surface area contributed by atoms with E-state index < -0.39 is 11.8 Å². The average molecular weight is 238 g/mol. The third-order valence-corrected chi connectivity index (χ3v) is 2.90. The van der Waals surface area contributed by atoms with Crippen molar-refractivity contribution in [2.75, 3.05) is 26.2 Å². The van der Waals surface area contributed by atoms with E-state index in [1.165, 1.54) is 6.07 Å². The SMILES string of the molecule is O=C(O)c1ccc(CN2CCNCC2)c(F)c1. The number of carboxylic acids is 1. The number of halogens is 1. The standard InChI is InChI=1S/C12H15FN2O2/c13-11-7-9(12(16)17)1-2-10(11)8-15-5-3-14-4-6-15/h1-2,7,14H,3-6,8H2,(H,16,17). The predicted octanol–water partition coefficient (Wildman–Crippen LogP) is 0.929. The molecular weight excluding hydrogens is 223 g/mol. The van der Waals surface area contributed by atoms with Gasteiger partial charge in [-0.2, -0.15) is 0 Å². The maximum Gasteiger partial charge on any atom is 0.335 e. The molecule has 1 fully saturated rings. The number of hydrogen-bond acceptors (Lipinski definition) is 3. The Balaban J connectivity index is 2.08. The molecule has 1 aromatic carbocycles. The first kappa shape index (κ1) is 12.0. The van der Waals surface area contributed by atoms with Crippen LogP contribution in [0.4, 0.5) is 4.39 Å². The molecule has 0 bridgehead atoms. The molecule has 5 heteroatoms. The van der Waals surface area contributed by atoms with Gasteiger partial charge >= 0.3 is 5.97 Å². The van der Waals surface area contributed by atoms with Gasteiger partial charge in [0, 0.05) is 38.3 Å². The van der Waals surface area contributed by atoms with E-state index in [2.05, 4.69) is 10.2 Å². The van der Waals surface area contributed by atoms with Gasteiger partial charge in [0.25, 0.3) is 0 Å². The van der Waals surface area contributed by atoms with Gasteiger partial charge in [-0.15, -0.1) is 0 Å². The van der Waals surface area contributed by atoms with Gasteiger partial charge in [0.15, 0.2) is 0 Å². The van der Waals surface area contributed by atoms with E-state index in [9.17, 15) is 9.18 Å². The number of hydrogen-bond donors (Lipinski definition) is 2. The van der Waals surface area contributed by atoms with Crippen molar-refractivity contribution in [1.29, 1.82) is 0 Å². The highest BCUT2D eigenvalue weighted by atomic mass is 19.1. The van der Waals surface area contributed by atoms with Crippen LogP contribution >= 0.6 is 0 Å². The van der Waals surface area contributed by atoms with Gasteiger partial charge in [-0.25, -0.2) is 9.18 Å². The van der Waals surface area contributed by atoms with E-state index in [0.29, 0.717) is 12.1 Å². The summed E-state index contributed by atoms with van der Waals surface area (Å²) in [5.41, 5.74) is 0.545. The summed E-state index contributed by atoms with van der Waals surface area (Å²) in [6.45, 7) is 4.14. The summed E-state index contributed by atoms with van der Waals surface area (Å²) >= 11 is 0. The molecule has 2 N–H and O–H groups in total. The van der Waals surface area contributed by atoms with Crippen LogP contribution in [0, 0.1) is 5.82 Å². The van der Waals surface area contributed by atoms with E-state index in [0.717, 1.165) is 32.2 Å². The summed E-state index contributed by atoms with van der Waals surface area (Å²) < 4.78 is 13.7. The number of piperazine rings is 1. The Morgan fingerprint density at radius 1 is 1.41 bits per heavy atom. The number of benzene rings is 1. The lowest BCUT2D eigenvalue weighted by Gasteiger charge is -2.27. The lowest BCUT2D eigenvalue weighted by atomic mass is 10.1. The minimum absolute atomic E-state index is 0.00781. The second kappa shape index (κ2) is 5.25. The Hall–Kier alpha value is -1.46. The maximum absolute atomic E-state index is 13.7. The zero-order valence-corrected chi connectivity index (χ0v) is 9.45. The first-order chi connectivity index (χ1) is 8.16. The molecule has 2 rings (SSSR count). The molecule has 17 heavy (non-hydrogen) atoms. The van der Waals surface area contributed by atoms with Crippen LogP contribution in [0.3, 0.4) is 0 Å². The fraction of sp³-hybridized carbons (Fsp3) is 0.417. The fourth-order valence-electron chi connectivity index (χ4n) is 1.92. The molecule has 1 heterocycles. The smallest absolute Gasteiger partial charge is 0.335 e. The molecule has 0 aromatic heterocycles. The van der Waals surface area contributed by atoms with Crippen molar-refractivity contribution in [3.05, 3.63) is 35.1 Å². The van der Waals surface area contributed by atoms with Crippen LogP contribution in [0.5, 0.6) is 0 Å². The van der Waals surface area contributed by atoms with Crippen molar-refractivity contribution in [2.24, 2.45) is 0 Å². The van der Waals surface area contributed by atoms with Crippen molar-refractivity contribution >= 4 is 5.97 Å². The van der Waals surface area contributed by atoms with Crippen LogP contribution in [-0.2, 0) is 6.54 Å². The number of carboxylic acid groups (broad SMARTS) is 1. The monoisotopic (exact) mass is 238 g/mol. The van der Waals surface area contributed by atoms with Crippen molar-refractivity contribution in [3.8, 4) is 0 Å². The molecule has 0 saturated carbocycles. The van der Waals surface area contributed by atoms with E-state index in [1.54, 1.807) is 6.07 Å². The molecule has 92 valence electrons. The number of rotatable bonds is 3. The molecule has 1 aliphatic rings. The molecule has 1 aliphatic heterocycles. The summed E-state index contributed by atoms with van der Waals surface area (Å²) in [6.07, 6.45) is 0. The highest BCUT2D eigenvalue weighted by molar-refractivity contribution is 5.87. The third-order valence-electron chi connectivity index (χ3n) is 2.90. The molecule has 4 nitrogen and oxygen atoms in total. The van der Waals surface area contributed by atoms with Crippen LogP contribution < -0.4 is 5.32 Å². The first-order valence-corrected chi connectivity index (χ1v) is 5.61. The third kappa shape index (κ3) is 3.01. The van der Waals surface area contributed by atoms with Crippen molar-refractivity contribution in [2.45, 2.75) is 6.54 Å². The Bertz CT molecular complexity index is 417. The molecule has 0 amide bonds. The highest BCUT2D eigenvalue weighted by Crippen LogP contribution is 2.13. The van der Waals surface area contributed by atoms with Gasteiger partial charge in [0.1, 0.15) is 5.82 Å². The quantitative estimate of drug-likeness (QED) is 0.822. The predicted molar refractivity (Wildman–Crippen MR) is 61.5 cm³/mol. The molecule has 0 aliphatic carbocycles. The maximum atomic E-state index is 13.7. The lowest BCUT2D eigenvalue weighted by molar-refractivity contribution is 0.0696. The summed E-state index contributed by atoms with van der Waals surface area (Å²) in [5.74, 6) is -1.54. The number of nitrogens with one attached hydrogen (secondary N) is 1. The number of carbonyl (C=O) groups is 1. The fourth-order valence-corrected chi connectivity index (χ4v) is 1.92. The summed E-state index contributed by atoms with van der Waals surface area (Å²) in [4.78, 5) is 12.8. The average Bonchev–Trinajstić information content (AvgIpc) is 2.33. The first-order valence-electron chi connectivity index (χ1n) is 5.61. The van der Waals surface area contributed by atoms with Gasteiger partial charge < -0.3 is 10.4 Å². The van der Waals surface area contributed by atoms with Crippen LogP contribution in [0.15, 0.2) is 18.2 Å². The molecule has 1 aromatic rings. The molecule has 1 saturated heterocycles. The number of nitrogens with zero attached hydrogens (tertiary/aromatic N) is 1. The normalized spacial score (nSPS) is 17.0. The largest absolute Gasteiger partial charge is 0.478 e. The van der Waals surface area contributed by atoms with Gasteiger partial charge in [0.05, 0.1) is 5.56 Å². The van der Waals surface area contributed by atoms with Gasteiger partial charge in [-0.3, -0.25) is 4.90 Å². The van der Waals surface area contributed by atoms with E-state index >= 15 is 0 Å². The second-order valence-electron chi connectivity index (χ2n) is 4.14. The second-order valence-corrected chi connectivity index (χ2v) is 4.14. The summed E-state index contributed by atoms with van der Waals surface area (Å²) in [6, 6.07) is 4.09. The summed E-state index contributed by atoms with van der Waals surface area (Å²) in [5, 5.41) is 12.0. The minimum Gasteiger partial charge on any atom is -0.478 e. The summed E-state index contributed by atoms with van der Waals surface area (Å²) in [7, 11) is 0. The highest BCUT2D eigenvalue weighted by Gasteiger charge is 2.13. The van der Waals surface area contributed by atoms with Crippen molar-refractivity contribution < 1.29 is 14.3 Å². The molecule has 0 atom stereocenters. The van der Waals surface area contributed by atoms with E-state index in [1.807, 2.05) is 0 Å². The van der Waals surface area contributed by atoms with Crippen molar-refractivity contribution in [3.63, 3.8) is 0 Å². The molecular formula is C12H15FN2O2. The van der Waals surface area contributed by atoms with Crippen LogP contribution in [0.25, 0.3) is 0 Å². The van der Waals surface area contributed by atoms with Crippen LogP contribution in [0.2, 0.25) is 0 Å². The van der Waals surface area contributed by atoms with E-state index in [-0.39, 0.29) is 5.56 Å². The van der Waals surface area contributed by atoms with Gasteiger partial charge in [0.2, 0.25) is 0 Å². The molecule has 0 radical (unpaired) electrons. The molecule has 0 spiro atoms. The zero-order valence-electron chi connectivity index (χ0n) is 9.45.